The van der Waals surface area contributed by atoms with E-state index in [0.717, 1.165) is 33.8 Å². The number of carboxylic acid groups (broad SMARTS) is 1. The average molecular weight is 500 g/mol. The number of thioether (sulfide) groups is 2. The van der Waals surface area contributed by atoms with Crippen molar-refractivity contribution in [2.45, 2.75) is 37.8 Å². The van der Waals surface area contributed by atoms with Gasteiger partial charge in [-0.05, 0) is 72.2 Å². The Hall–Kier alpha value is -2.10. The number of benzene rings is 3. The van der Waals surface area contributed by atoms with Crippen molar-refractivity contribution in [1.29, 1.82) is 0 Å². The predicted octanol–water partition coefficient (Wildman–Crippen LogP) is 2.01. The van der Waals surface area contributed by atoms with Crippen LogP contribution in [0.2, 0.25) is 0 Å². The first kappa shape index (κ1) is 29.1. The van der Waals surface area contributed by atoms with Crippen molar-refractivity contribution >= 4 is 35.4 Å². The summed E-state index contributed by atoms with van der Waals surface area (Å²) in [4.78, 5) is 24.7. The molecule has 0 saturated carbocycles. The van der Waals surface area contributed by atoms with Gasteiger partial charge in [0, 0.05) is 17.1 Å². The third kappa shape index (κ3) is 8.51. The van der Waals surface area contributed by atoms with E-state index in [1.54, 1.807) is 6.07 Å². The smallest absolute Gasteiger partial charge is 0.548 e. The number of aliphatic carboxylic acids is 1. The molecule has 178 valence electrons. The minimum Gasteiger partial charge on any atom is -0.548 e. The van der Waals surface area contributed by atoms with Gasteiger partial charge in [0.15, 0.2) is 0 Å². The molecule has 1 atom stereocenters. The zero-order valence-electron chi connectivity index (χ0n) is 20.8. The quantitative estimate of drug-likeness (QED) is 0.409. The van der Waals surface area contributed by atoms with Crippen molar-refractivity contribution < 1.29 is 33.6 Å². The third-order valence-corrected chi connectivity index (χ3v) is 7.34. The Kier molecular flexibility index (Phi) is 12.0. The van der Waals surface area contributed by atoms with Gasteiger partial charge in [0.2, 0.25) is 0 Å². The van der Waals surface area contributed by atoms with E-state index < -0.39 is 17.9 Å². The van der Waals surface area contributed by atoms with Crippen LogP contribution in [0.15, 0.2) is 66.7 Å². The Balaban J connectivity index is 0.00000432. The number of aryl methyl sites for hydroxylation is 2. The molecule has 0 aliphatic rings. The molecule has 7 heteroatoms. The van der Waals surface area contributed by atoms with Gasteiger partial charge in [-0.15, -0.1) is 0 Å². The first-order valence-corrected chi connectivity index (χ1v) is 13.8. The van der Waals surface area contributed by atoms with Gasteiger partial charge < -0.3 is 15.2 Å². The van der Waals surface area contributed by atoms with Crippen LogP contribution in [0.25, 0.3) is 11.1 Å². The average Bonchev–Trinajstić information content (AvgIpc) is 2.83. The van der Waals surface area contributed by atoms with Crippen LogP contribution in [0.1, 0.15) is 39.0 Å². The molecule has 3 rings (SSSR count). The number of hydrogen-bond acceptors (Lipinski definition) is 5. The summed E-state index contributed by atoms with van der Waals surface area (Å²) in [6.07, 6.45) is 2.22. The maximum Gasteiger partial charge on any atom is 1.00 e. The van der Waals surface area contributed by atoms with E-state index in [0.29, 0.717) is 17.7 Å². The van der Waals surface area contributed by atoms with E-state index in [1.165, 1.54) is 22.9 Å². The number of carbonyl (C=O) groups excluding carboxylic acids is 2. The van der Waals surface area contributed by atoms with Gasteiger partial charge in [-0.25, -0.2) is 0 Å². The molecule has 4 nitrogen and oxygen atoms in total. The van der Waals surface area contributed by atoms with Crippen LogP contribution in [0.3, 0.4) is 0 Å². The summed E-state index contributed by atoms with van der Waals surface area (Å²) < 4.78 is 0. The van der Waals surface area contributed by atoms with E-state index in [2.05, 4.69) is 42.6 Å². The molecule has 0 saturated heterocycles. The molecule has 0 radical (unpaired) electrons. The maximum atomic E-state index is 13.2. The van der Waals surface area contributed by atoms with Gasteiger partial charge in [0.1, 0.15) is 0 Å². The zero-order valence-corrected chi connectivity index (χ0v) is 22.4. The molecule has 1 N–H and O–H groups in total. The van der Waals surface area contributed by atoms with Gasteiger partial charge in [0.05, 0.1) is 12.0 Å². The number of nitrogens with one attached hydrogen (secondary N) is 1. The second kappa shape index (κ2) is 14.5. The van der Waals surface area contributed by atoms with Crippen LogP contribution in [0.5, 0.6) is 0 Å². The molecule has 35 heavy (non-hydrogen) atoms. The maximum absolute atomic E-state index is 13.2. The summed E-state index contributed by atoms with van der Waals surface area (Å²) >= 11 is 3.36. The molecule has 0 aliphatic carbocycles. The second-order valence-corrected chi connectivity index (χ2v) is 10.3. The Morgan fingerprint density at radius 2 is 1.57 bits per heavy atom. The van der Waals surface area contributed by atoms with Crippen LogP contribution in [-0.4, -0.2) is 29.9 Å². The molecular weight excluding hydrogens is 469 g/mol. The predicted molar refractivity (Wildman–Crippen MR) is 142 cm³/mol. The fraction of sp³-hybridized carbons (Fsp3) is 0.286. The molecule has 0 spiro atoms. The molecule has 0 unspecified atom stereocenters. The molecule has 0 aromatic heterocycles. The van der Waals surface area contributed by atoms with Gasteiger partial charge in [0.25, 0.3) is 5.91 Å². The van der Waals surface area contributed by atoms with Crippen LogP contribution in [0, 0.1) is 13.8 Å². The molecule has 0 bridgehead atoms. The molecule has 3 aromatic rings. The second-order valence-electron chi connectivity index (χ2n) is 8.30. The monoisotopic (exact) mass is 499 g/mol. The standard InChI is InChI=1S/C28H31NO3S2.Li/c1-19-8-10-21(11-9-19)17-34-18-22-12-13-24(25(16-22)23-7-5-4-6-20(23)2)27(30)29-26(28(31)32)14-15-33-3;/h4-13,16,26H,14-15,17-18H2,1-3H3,(H,29,30)(H,31,32);/q;+1/p-1/t26-;/m0./s1. The Bertz CT molecular complexity index is 1140. The minimum absolute atomic E-state index is 0. The number of amides is 1. The van der Waals surface area contributed by atoms with Crippen molar-refractivity contribution in [3.63, 3.8) is 0 Å². The molecule has 1 amide bonds. The normalized spacial score (nSPS) is 11.4. The van der Waals surface area contributed by atoms with Gasteiger partial charge in [-0.1, -0.05) is 60.2 Å². The van der Waals surface area contributed by atoms with E-state index in [1.807, 2.05) is 55.3 Å². The molecule has 3 aromatic carbocycles. The van der Waals surface area contributed by atoms with Crippen LogP contribution in [0.4, 0.5) is 0 Å². The van der Waals surface area contributed by atoms with Crippen LogP contribution >= 0.6 is 23.5 Å². The summed E-state index contributed by atoms with van der Waals surface area (Å²) in [5, 5.41) is 14.2. The summed E-state index contributed by atoms with van der Waals surface area (Å²) in [6.45, 7) is 4.10. The van der Waals surface area contributed by atoms with E-state index in [4.69, 9.17) is 0 Å². The first-order valence-electron chi connectivity index (χ1n) is 11.2. The Morgan fingerprint density at radius 3 is 2.23 bits per heavy atom. The van der Waals surface area contributed by atoms with Gasteiger partial charge in [-0.2, -0.15) is 23.5 Å². The summed E-state index contributed by atoms with van der Waals surface area (Å²) in [7, 11) is 0. The Labute approximate surface area is 228 Å². The molecule has 0 fully saturated rings. The summed E-state index contributed by atoms with van der Waals surface area (Å²) in [6, 6.07) is 21.3. The van der Waals surface area contributed by atoms with Crippen molar-refractivity contribution in [2.24, 2.45) is 0 Å². The fourth-order valence-electron chi connectivity index (χ4n) is 3.67. The Morgan fingerprint density at radius 1 is 0.914 bits per heavy atom. The number of hydrogen-bond donors (Lipinski definition) is 1. The summed E-state index contributed by atoms with van der Waals surface area (Å²) in [5.41, 5.74) is 6.95. The van der Waals surface area contributed by atoms with Crippen molar-refractivity contribution in [3.8, 4) is 11.1 Å². The first-order chi connectivity index (χ1) is 16.4. The largest absolute Gasteiger partial charge is 1.00 e. The van der Waals surface area contributed by atoms with Gasteiger partial charge in [-0.3, -0.25) is 4.79 Å². The molecule has 0 heterocycles. The minimum atomic E-state index is -1.26. The number of carboxylic acids is 1. The van der Waals surface area contributed by atoms with Crippen molar-refractivity contribution in [3.05, 3.63) is 94.5 Å². The van der Waals surface area contributed by atoms with Crippen molar-refractivity contribution in [1.82, 2.24) is 5.32 Å². The number of rotatable bonds is 11. The van der Waals surface area contributed by atoms with E-state index in [9.17, 15) is 14.7 Å². The summed E-state index contributed by atoms with van der Waals surface area (Å²) in [5.74, 6) is 0.687. The SMILES string of the molecule is CSCC[C@H](NC(=O)c1ccc(CSCc2ccc(C)cc2)cc1-c1ccccc1C)C(=O)[O-].[Li+]. The fourth-order valence-corrected chi connectivity index (χ4v) is 5.09. The third-order valence-electron chi connectivity index (χ3n) is 5.62. The molecular formula is C28H30LiNO3S2. The van der Waals surface area contributed by atoms with Crippen LogP contribution in [-0.2, 0) is 16.3 Å². The van der Waals surface area contributed by atoms with Gasteiger partial charge >= 0.3 is 18.9 Å². The molecule has 0 aliphatic heterocycles. The zero-order chi connectivity index (χ0) is 24.5. The van der Waals surface area contributed by atoms with Crippen molar-refractivity contribution in [2.75, 3.05) is 12.0 Å². The van der Waals surface area contributed by atoms with Crippen LogP contribution < -0.4 is 29.3 Å². The van der Waals surface area contributed by atoms with E-state index >= 15 is 0 Å². The van der Waals surface area contributed by atoms with E-state index in [-0.39, 0.29) is 18.9 Å². The topological polar surface area (TPSA) is 69.2 Å². The number of carbonyl (C=O) groups is 2.